The van der Waals surface area contributed by atoms with Crippen molar-refractivity contribution in [1.82, 2.24) is 15.0 Å². The van der Waals surface area contributed by atoms with Crippen LogP contribution in [0.3, 0.4) is 0 Å². The van der Waals surface area contributed by atoms with Crippen LogP contribution >= 0.6 is 0 Å². The highest BCUT2D eigenvalue weighted by Gasteiger charge is 2.35. The Labute approximate surface area is 216 Å². The highest BCUT2D eigenvalue weighted by molar-refractivity contribution is 5.78. The first-order valence-electron chi connectivity index (χ1n) is 12.7. The van der Waals surface area contributed by atoms with Gasteiger partial charge in [-0.05, 0) is 41.2 Å². The molecular formula is C30H34F3N3O. The first-order valence-corrected chi connectivity index (χ1v) is 12.7. The summed E-state index contributed by atoms with van der Waals surface area (Å²) < 4.78 is 41.0. The zero-order valence-electron chi connectivity index (χ0n) is 22.0. The van der Waals surface area contributed by atoms with Crippen LogP contribution in [-0.4, -0.2) is 20.1 Å². The number of aromatic hydroxyl groups is 1. The fraction of sp³-hybridized carbons (Fsp3) is 0.400. The Morgan fingerprint density at radius 1 is 0.811 bits per heavy atom. The van der Waals surface area contributed by atoms with Gasteiger partial charge in [-0.1, -0.05) is 96.3 Å². The second-order valence-corrected chi connectivity index (χ2v) is 10.9. The summed E-state index contributed by atoms with van der Waals surface area (Å²) in [6.45, 7) is 10.5. The van der Waals surface area contributed by atoms with Gasteiger partial charge in [0.15, 0.2) is 0 Å². The van der Waals surface area contributed by atoms with E-state index in [-0.39, 0.29) is 27.9 Å². The zero-order valence-corrected chi connectivity index (χ0v) is 22.0. The number of rotatable bonds is 8. The Bertz CT molecular complexity index is 1390. The molecule has 0 radical (unpaired) electrons. The molecule has 4 rings (SSSR count). The van der Waals surface area contributed by atoms with Gasteiger partial charge in [0.25, 0.3) is 0 Å². The minimum atomic E-state index is -4.56. The Balaban J connectivity index is 1.95. The van der Waals surface area contributed by atoms with Gasteiger partial charge in [0, 0.05) is 11.0 Å². The summed E-state index contributed by atoms with van der Waals surface area (Å²) in [5, 5.41) is 20.2. The van der Waals surface area contributed by atoms with E-state index in [0.717, 1.165) is 47.7 Å². The molecule has 0 bridgehead atoms. The topological polar surface area (TPSA) is 50.9 Å². The normalized spacial score (nSPS) is 12.9. The van der Waals surface area contributed by atoms with Crippen LogP contribution in [0.4, 0.5) is 13.2 Å². The second-order valence-electron chi connectivity index (χ2n) is 10.9. The van der Waals surface area contributed by atoms with E-state index in [1.54, 1.807) is 0 Å². The summed E-state index contributed by atoms with van der Waals surface area (Å²) >= 11 is 0. The van der Waals surface area contributed by atoms with Gasteiger partial charge in [-0.25, -0.2) is 0 Å². The molecule has 0 aliphatic heterocycles. The summed E-state index contributed by atoms with van der Waals surface area (Å²) in [6.07, 6.45) is -0.359. The summed E-state index contributed by atoms with van der Waals surface area (Å²) in [4.78, 5) is 1.14. The number of nitrogens with zero attached hydrogens (tertiary/aromatic N) is 3. The lowest BCUT2D eigenvalue weighted by Crippen LogP contribution is -2.23. The lowest BCUT2D eigenvalue weighted by Gasteiger charge is -2.32. The first kappa shape index (κ1) is 26.7. The molecule has 0 saturated carbocycles. The van der Waals surface area contributed by atoms with E-state index < -0.39 is 17.2 Å². The molecule has 0 aliphatic rings. The van der Waals surface area contributed by atoms with Crippen LogP contribution < -0.4 is 0 Å². The maximum atomic E-state index is 13.7. The monoisotopic (exact) mass is 509 g/mol. The minimum absolute atomic E-state index is 0.0455. The van der Waals surface area contributed by atoms with Crippen LogP contribution in [-0.2, 0) is 17.0 Å². The van der Waals surface area contributed by atoms with E-state index in [0.29, 0.717) is 5.56 Å². The molecule has 1 aromatic heterocycles. The number of hydrogen-bond donors (Lipinski definition) is 1. The van der Waals surface area contributed by atoms with E-state index >= 15 is 0 Å². The van der Waals surface area contributed by atoms with Crippen molar-refractivity contribution in [3.05, 3.63) is 82.9 Å². The Hall–Kier alpha value is -3.35. The SMILES string of the molecule is CCCCCC(C)(C)c1cc(-n2nc3cccc(C(F)(F)F)c3n2)c(O)c(C(C)(C)c2ccccc2)c1. The number of alkyl halides is 3. The predicted molar refractivity (Wildman–Crippen MR) is 141 cm³/mol. The van der Waals surface area contributed by atoms with Crippen molar-refractivity contribution >= 4 is 11.0 Å². The number of phenols is 1. The maximum absolute atomic E-state index is 13.7. The molecule has 1 N–H and O–H groups in total. The molecule has 3 aromatic carbocycles. The van der Waals surface area contributed by atoms with Crippen LogP contribution in [0.15, 0.2) is 60.7 Å². The number of phenolic OH excluding ortho intramolecular Hbond substituents is 1. The second kappa shape index (κ2) is 9.84. The molecule has 196 valence electrons. The third-order valence-corrected chi connectivity index (χ3v) is 7.38. The van der Waals surface area contributed by atoms with Crippen molar-refractivity contribution in [2.24, 2.45) is 0 Å². The van der Waals surface area contributed by atoms with Gasteiger partial charge in [-0.2, -0.15) is 13.2 Å². The highest BCUT2D eigenvalue weighted by atomic mass is 19.4. The number of benzene rings is 3. The van der Waals surface area contributed by atoms with Crippen LogP contribution in [0.25, 0.3) is 16.7 Å². The smallest absolute Gasteiger partial charge is 0.418 e. The molecule has 4 aromatic rings. The number of aromatic nitrogens is 3. The van der Waals surface area contributed by atoms with Crippen LogP contribution in [0, 0.1) is 0 Å². The number of halogens is 3. The van der Waals surface area contributed by atoms with E-state index in [1.807, 2.05) is 56.3 Å². The summed E-state index contributed by atoms with van der Waals surface area (Å²) in [7, 11) is 0. The van der Waals surface area contributed by atoms with Gasteiger partial charge in [0.05, 0.1) is 5.56 Å². The average Bonchev–Trinajstić information content (AvgIpc) is 3.28. The molecule has 0 spiro atoms. The fourth-order valence-corrected chi connectivity index (χ4v) is 4.88. The molecule has 4 nitrogen and oxygen atoms in total. The van der Waals surface area contributed by atoms with Crippen molar-refractivity contribution in [2.75, 3.05) is 0 Å². The molecule has 0 aliphatic carbocycles. The van der Waals surface area contributed by atoms with Crippen molar-refractivity contribution in [1.29, 1.82) is 0 Å². The third-order valence-electron chi connectivity index (χ3n) is 7.38. The Kier molecular flexibility index (Phi) is 7.10. The van der Waals surface area contributed by atoms with E-state index in [1.165, 1.54) is 12.1 Å². The highest BCUT2D eigenvalue weighted by Crippen LogP contribution is 2.43. The Morgan fingerprint density at radius 2 is 1.51 bits per heavy atom. The molecule has 0 saturated heterocycles. The number of hydrogen-bond acceptors (Lipinski definition) is 3. The van der Waals surface area contributed by atoms with Gasteiger partial charge in [0.2, 0.25) is 0 Å². The van der Waals surface area contributed by atoms with Gasteiger partial charge >= 0.3 is 6.18 Å². The lowest BCUT2D eigenvalue weighted by molar-refractivity contribution is -0.136. The van der Waals surface area contributed by atoms with Crippen molar-refractivity contribution in [3.8, 4) is 11.4 Å². The lowest BCUT2D eigenvalue weighted by atomic mass is 9.73. The number of fused-ring (bicyclic) bond motifs is 1. The molecule has 1 heterocycles. The van der Waals surface area contributed by atoms with E-state index in [9.17, 15) is 18.3 Å². The van der Waals surface area contributed by atoms with E-state index in [2.05, 4.69) is 31.0 Å². The van der Waals surface area contributed by atoms with E-state index in [4.69, 9.17) is 0 Å². The summed E-state index contributed by atoms with van der Waals surface area (Å²) in [5.41, 5.74) is 1.13. The molecule has 0 fully saturated rings. The standard InChI is InChI=1S/C30H34F3N3O/c1-6-7-11-17-28(2,3)21-18-23(29(4,5)20-13-9-8-10-14-20)27(37)25(19-21)36-34-24-16-12-15-22(26(24)35-36)30(31,32)33/h8-10,12-16,18-19,37H,6-7,11,17H2,1-5H3. The van der Waals surface area contributed by atoms with Gasteiger partial charge in [-0.15, -0.1) is 15.0 Å². The number of unbranched alkanes of at least 4 members (excludes halogenated alkanes) is 2. The van der Waals surface area contributed by atoms with Crippen LogP contribution in [0.5, 0.6) is 5.75 Å². The molecule has 7 heteroatoms. The first-order chi connectivity index (χ1) is 17.4. The van der Waals surface area contributed by atoms with Gasteiger partial charge in [0.1, 0.15) is 22.5 Å². The quantitative estimate of drug-likeness (QED) is 0.243. The third kappa shape index (κ3) is 5.22. The summed E-state index contributed by atoms with van der Waals surface area (Å²) in [6, 6.07) is 17.5. The zero-order chi connectivity index (χ0) is 27.0. The van der Waals surface area contributed by atoms with Crippen molar-refractivity contribution in [2.45, 2.75) is 77.3 Å². The van der Waals surface area contributed by atoms with Gasteiger partial charge in [-0.3, -0.25) is 0 Å². The largest absolute Gasteiger partial charge is 0.505 e. The van der Waals surface area contributed by atoms with Crippen molar-refractivity contribution < 1.29 is 18.3 Å². The average molecular weight is 510 g/mol. The van der Waals surface area contributed by atoms with Crippen molar-refractivity contribution in [3.63, 3.8) is 0 Å². The molecule has 37 heavy (non-hydrogen) atoms. The molecule has 0 atom stereocenters. The Morgan fingerprint density at radius 3 is 2.16 bits per heavy atom. The predicted octanol–water partition coefficient (Wildman–Crippen LogP) is 8.33. The molecular weight excluding hydrogens is 475 g/mol. The summed E-state index contributed by atoms with van der Waals surface area (Å²) in [5.74, 6) is -0.0455. The minimum Gasteiger partial charge on any atom is -0.505 e. The van der Waals surface area contributed by atoms with Gasteiger partial charge < -0.3 is 5.11 Å². The molecule has 0 amide bonds. The van der Waals surface area contributed by atoms with Crippen LogP contribution in [0.2, 0.25) is 0 Å². The maximum Gasteiger partial charge on any atom is 0.418 e. The van der Waals surface area contributed by atoms with Crippen LogP contribution in [0.1, 0.15) is 82.6 Å². The fourth-order valence-electron chi connectivity index (χ4n) is 4.88. The molecule has 0 unspecified atom stereocenters.